The fraction of sp³-hybridized carbons (Fsp3) is 0.917. The van der Waals surface area contributed by atoms with Gasteiger partial charge in [0.25, 0.3) is 0 Å². The van der Waals surface area contributed by atoms with Crippen LogP contribution in [0, 0.1) is 5.92 Å². The first-order valence-electron chi connectivity index (χ1n) is 6.27. The van der Waals surface area contributed by atoms with Crippen molar-refractivity contribution >= 4 is 26.8 Å². The Hall–Kier alpha value is -0.230. The molecule has 1 N–H and O–H groups in total. The summed E-state index contributed by atoms with van der Waals surface area (Å²) in [6.45, 7) is 8.13. The molecule has 0 aliphatic carbocycles. The van der Waals surface area contributed by atoms with Gasteiger partial charge in [-0.25, -0.2) is 8.42 Å². The van der Waals surface area contributed by atoms with Gasteiger partial charge in [0.1, 0.15) is 0 Å². The molecule has 1 aliphatic rings. The fourth-order valence-corrected chi connectivity index (χ4v) is 2.78. The van der Waals surface area contributed by atoms with Crippen molar-refractivity contribution in [2.75, 3.05) is 18.6 Å². The molecule has 0 radical (unpaired) electrons. The zero-order valence-electron chi connectivity index (χ0n) is 11.9. The van der Waals surface area contributed by atoms with E-state index in [1.807, 2.05) is 0 Å². The molecule has 0 aromatic carbocycles. The van der Waals surface area contributed by atoms with Crippen molar-refractivity contribution in [1.29, 1.82) is 0 Å². The summed E-state index contributed by atoms with van der Waals surface area (Å²) in [6.07, 6.45) is 2.41. The van der Waals surface area contributed by atoms with E-state index in [4.69, 9.17) is 0 Å². The van der Waals surface area contributed by atoms with E-state index in [1.54, 1.807) is 25.6 Å². The van der Waals surface area contributed by atoms with Crippen molar-refractivity contribution in [2.45, 2.75) is 44.9 Å². The maximum absolute atomic E-state index is 11.6. The molecule has 4 nitrogen and oxygen atoms in total. The van der Waals surface area contributed by atoms with Crippen molar-refractivity contribution in [3.63, 3.8) is 0 Å². The van der Waals surface area contributed by atoms with Gasteiger partial charge in [-0.1, -0.05) is 25.6 Å². The van der Waals surface area contributed by atoms with Crippen LogP contribution >= 0.6 is 11.8 Å². The minimum Gasteiger partial charge on any atom is -0.362 e. The van der Waals surface area contributed by atoms with E-state index >= 15 is 0 Å². The normalized spacial score (nSPS) is 24.3. The molecule has 1 fully saturated rings. The molecule has 1 aliphatic heterocycles. The highest BCUT2D eigenvalue weighted by Crippen LogP contribution is 2.21. The Kier molecular flexibility index (Phi) is 5.12. The lowest BCUT2D eigenvalue weighted by Crippen LogP contribution is -2.42. The second-order valence-electron chi connectivity index (χ2n) is 5.79. The van der Waals surface area contributed by atoms with Crippen molar-refractivity contribution < 1.29 is 8.42 Å². The Morgan fingerprint density at radius 3 is 2.61 bits per heavy atom. The number of nitrogens with zero attached hydrogens (tertiary/aromatic N) is 1. The highest BCUT2D eigenvalue weighted by Gasteiger charge is 2.30. The zero-order chi connectivity index (χ0) is 14.0. The summed E-state index contributed by atoms with van der Waals surface area (Å²) in [5.41, 5.74) is 0. The average molecular weight is 292 g/mol. The van der Waals surface area contributed by atoms with Crippen LogP contribution in [-0.4, -0.2) is 42.9 Å². The maximum Gasteiger partial charge on any atom is 0.156 e. The molecule has 0 bridgehead atoms. The average Bonchev–Trinajstić information content (AvgIpc) is 2.25. The molecule has 1 unspecified atom stereocenters. The van der Waals surface area contributed by atoms with E-state index < -0.39 is 14.6 Å². The quantitative estimate of drug-likeness (QED) is 0.860. The van der Waals surface area contributed by atoms with E-state index in [9.17, 15) is 8.42 Å². The van der Waals surface area contributed by atoms with E-state index in [0.29, 0.717) is 18.5 Å². The second kappa shape index (κ2) is 5.82. The number of aliphatic imine (C=N–C) groups is 1. The summed E-state index contributed by atoms with van der Waals surface area (Å²) in [5.74, 6) is 1.62. The molecule has 0 saturated carbocycles. The second-order valence-corrected chi connectivity index (χ2v) is 9.52. The molecule has 1 saturated heterocycles. The van der Waals surface area contributed by atoms with Crippen molar-refractivity contribution in [3.8, 4) is 0 Å². The summed E-state index contributed by atoms with van der Waals surface area (Å²) in [6, 6.07) is 0.450. The van der Waals surface area contributed by atoms with Crippen LogP contribution in [0.5, 0.6) is 0 Å². The van der Waals surface area contributed by atoms with E-state index in [0.717, 1.165) is 17.3 Å². The van der Waals surface area contributed by atoms with Crippen LogP contribution in [0.15, 0.2) is 4.99 Å². The molecular weight excluding hydrogens is 268 g/mol. The van der Waals surface area contributed by atoms with Gasteiger partial charge < -0.3 is 5.32 Å². The van der Waals surface area contributed by atoms with Gasteiger partial charge in [0, 0.05) is 18.1 Å². The summed E-state index contributed by atoms with van der Waals surface area (Å²) >= 11 is 1.68. The number of nitrogens with one attached hydrogen (secondary N) is 1. The molecule has 18 heavy (non-hydrogen) atoms. The number of thioether (sulfide) groups is 1. The van der Waals surface area contributed by atoms with Gasteiger partial charge in [-0.05, 0) is 26.2 Å². The largest absolute Gasteiger partial charge is 0.362 e. The van der Waals surface area contributed by atoms with Gasteiger partial charge in [0.2, 0.25) is 0 Å². The summed E-state index contributed by atoms with van der Waals surface area (Å²) in [4.78, 5) is 4.44. The lowest BCUT2D eigenvalue weighted by atomic mass is 10.0. The Bertz CT molecular complexity index is 414. The number of amidine groups is 1. The van der Waals surface area contributed by atoms with Gasteiger partial charge in [-0.2, -0.15) is 0 Å². The fourth-order valence-electron chi connectivity index (χ4n) is 1.53. The Balaban J connectivity index is 2.68. The first-order chi connectivity index (χ1) is 8.13. The van der Waals surface area contributed by atoms with Gasteiger partial charge in [-0.15, -0.1) is 0 Å². The third-order valence-electron chi connectivity index (χ3n) is 3.39. The Morgan fingerprint density at radius 1 is 1.50 bits per heavy atom. The smallest absolute Gasteiger partial charge is 0.156 e. The number of sulfone groups is 1. The van der Waals surface area contributed by atoms with Gasteiger partial charge >= 0.3 is 0 Å². The van der Waals surface area contributed by atoms with E-state index in [1.165, 1.54) is 6.26 Å². The van der Waals surface area contributed by atoms with Crippen LogP contribution in [0.3, 0.4) is 0 Å². The van der Waals surface area contributed by atoms with Gasteiger partial charge in [-0.3, -0.25) is 4.99 Å². The van der Waals surface area contributed by atoms with E-state index in [2.05, 4.69) is 24.2 Å². The molecule has 0 spiro atoms. The molecule has 0 amide bonds. The number of rotatable bonds is 4. The van der Waals surface area contributed by atoms with Gasteiger partial charge in [0.15, 0.2) is 15.0 Å². The predicted molar refractivity (Wildman–Crippen MR) is 80.1 cm³/mol. The minimum atomic E-state index is -3.08. The summed E-state index contributed by atoms with van der Waals surface area (Å²) in [7, 11) is -3.08. The third kappa shape index (κ3) is 4.16. The first-order valence-corrected chi connectivity index (χ1v) is 9.14. The Morgan fingerprint density at radius 2 is 2.11 bits per heavy atom. The van der Waals surface area contributed by atoms with Crippen LogP contribution in [-0.2, 0) is 9.84 Å². The van der Waals surface area contributed by atoms with Gasteiger partial charge in [0.05, 0.1) is 11.3 Å². The lowest BCUT2D eigenvalue weighted by molar-refractivity contribution is 0.442. The van der Waals surface area contributed by atoms with E-state index in [-0.39, 0.29) is 0 Å². The Labute approximate surface area is 115 Å². The molecular formula is C12H24N2O2S2. The number of hydrogen-bond acceptors (Lipinski definition) is 4. The first kappa shape index (κ1) is 15.8. The highest BCUT2D eigenvalue weighted by molar-refractivity contribution is 8.13. The molecule has 0 aromatic heterocycles. The molecule has 1 heterocycles. The molecule has 106 valence electrons. The van der Waals surface area contributed by atoms with Crippen LogP contribution < -0.4 is 5.32 Å². The molecule has 6 heteroatoms. The van der Waals surface area contributed by atoms with Crippen molar-refractivity contribution in [2.24, 2.45) is 10.9 Å². The zero-order valence-corrected chi connectivity index (χ0v) is 13.5. The van der Waals surface area contributed by atoms with Crippen molar-refractivity contribution in [3.05, 3.63) is 0 Å². The third-order valence-corrected chi connectivity index (χ3v) is 6.49. The summed E-state index contributed by atoms with van der Waals surface area (Å²) < 4.78 is 22.4. The standard InChI is InChI=1S/C12H24N2O2S2/c1-9(2)10-6-7-17-11(14-10)13-8-12(3,4)18(5,15)16/h9-10H,6-8H2,1-5H3,(H,13,14). The summed E-state index contributed by atoms with van der Waals surface area (Å²) in [5, 5.41) is 4.28. The minimum absolute atomic E-state index is 0.311. The van der Waals surface area contributed by atoms with Crippen LogP contribution in [0.1, 0.15) is 34.1 Å². The monoisotopic (exact) mass is 292 g/mol. The number of hydrogen-bond donors (Lipinski definition) is 1. The highest BCUT2D eigenvalue weighted by atomic mass is 32.2. The maximum atomic E-state index is 11.6. The van der Waals surface area contributed by atoms with Crippen LogP contribution in [0.2, 0.25) is 0 Å². The SMILES string of the molecule is CC(C)C1CCSC(=NCC(C)(C)S(C)(=O)=O)N1. The molecule has 1 atom stereocenters. The van der Waals surface area contributed by atoms with Crippen LogP contribution in [0.25, 0.3) is 0 Å². The topological polar surface area (TPSA) is 58.5 Å². The van der Waals surface area contributed by atoms with Crippen LogP contribution in [0.4, 0.5) is 0 Å². The van der Waals surface area contributed by atoms with Crippen molar-refractivity contribution in [1.82, 2.24) is 5.32 Å². The molecule has 0 aromatic rings. The predicted octanol–water partition coefficient (Wildman–Crippen LogP) is 1.92. The molecule has 1 rings (SSSR count). The lowest BCUT2D eigenvalue weighted by Gasteiger charge is -2.29.